The Morgan fingerprint density at radius 1 is 0.962 bits per heavy atom. The Bertz CT molecular complexity index is 1020. The van der Waals surface area contributed by atoms with Gasteiger partial charge in [-0.3, -0.25) is 14.9 Å². The van der Waals surface area contributed by atoms with Crippen molar-refractivity contribution in [1.29, 1.82) is 0 Å². The van der Waals surface area contributed by atoms with Gasteiger partial charge in [-0.05, 0) is 48.5 Å². The molecule has 128 valence electrons. The predicted octanol–water partition coefficient (Wildman–Crippen LogP) is 4.78. The van der Waals surface area contributed by atoms with E-state index in [1.54, 1.807) is 6.08 Å². The number of thioether (sulfide) groups is 1. The number of para-hydroxylation sites is 1. The van der Waals surface area contributed by atoms with E-state index < -0.39 is 0 Å². The van der Waals surface area contributed by atoms with E-state index in [9.17, 15) is 9.59 Å². The van der Waals surface area contributed by atoms with Gasteiger partial charge in [-0.15, -0.1) is 0 Å². The van der Waals surface area contributed by atoms with Crippen LogP contribution in [0, 0.1) is 6.92 Å². The molecule has 0 bridgehead atoms. The molecule has 1 aliphatic heterocycles. The molecule has 2 aromatic carbocycles. The van der Waals surface area contributed by atoms with E-state index in [-0.39, 0.29) is 11.1 Å². The molecule has 0 saturated carbocycles. The van der Waals surface area contributed by atoms with Crippen molar-refractivity contribution in [1.82, 2.24) is 9.88 Å². The Kier molecular flexibility index (Phi) is 4.22. The monoisotopic (exact) mass is 360 g/mol. The van der Waals surface area contributed by atoms with Crippen molar-refractivity contribution >= 4 is 29.0 Å². The maximum Gasteiger partial charge on any atom is 0.290 e. The first kappa shape index (κ1) is 16.4. The fraction of sp³-hybridized carbons (Fsp3) is 0.0476. The summed E-state index contributed by atoms with van der Waals surface area (Å²) in [4.78, 5) is 23.9. The lowest BCUT2D eigenvalue weighted by molar-refractivity contribution is -0.115. The molecular weight excluding hydrogens is 344 g/mol. The maximum absolute atomic E-state index is 12.0. The Labute approximate surface area is 155 Å². The normalized spacial score (nSPS) is 15.5. The van der Waals surface area contributed by atoms with E-state index in [1.165, 1.54) is 0 Å². The molecule has 0 radical (unpaired) electrons. The van der Waals surface area contributed by atoms with Gasteiger partial charge >= 0.3 is 0 Å². The Morgan fingerprint density at radius 2 is 1.62 bits per heavy atom. The van der Waals surface area contributed by atoms with Crippen LogP contribution in [0.1, 0.15) is 11.3 Å². The van der Waals surface area contributed by atoms with Crippen LogP contribution in [0.3, 0.4) is 0 Å². The molecular formula is C21H16N2O2S. The molecule has 4 rings (SSSR count). The Hall–Kier alpha value is -3.05. The first-order valence-corrected chi connectivity index (χ1v) is 9.03. The SMILES string of the molecule is Cc1cc(/C=C2/SC(=O)NC2=O)c(-c2ccccc2)n1-c1ccccc1. The van der Waals surface area contributed by atoms with E-state index in [2.05, 4.69) is 22.0 Å². The third kappa shape index (κ3) is 2.97. The predicted molar refractivity (Wildman–Crippen MR) is 105 cm³/mol. The van der Waals surface area contributed by atoms with Crippen molar-refractivity contribution in [3.8, 4) is 16.9 Å². The highest BCUT2D eigenvalue weighted by Crippen LogP contribution is 2.34. The van der Waals surface area contributed by atoms with Crippen LogP contribution in [-0.2, 0) is 4.79 Å². The molecule has 1 N–H and O–H groups in total. The number of benzene rings is 2. The standard InChI is InChI=1S/C21H16N2O2S/c1-14-12-16(13-18-20(24)22-21(25)26-18)19(15-8-4-2-5-9-15)23(14)17-10-6-3-7-11-17/h2-13H,1H3,(H,22,24,25)/b18-13+. The molecule has 0 atom stereocenters. The van der Waals surface area contributed by atoms with Crippen molar-refractivity contribution in [2.45, 2.75) is 6.92 Å². The van der Waals surface area contributed by atoms with E-state index in [0.29, 0.717) is 4.91 Å². The minimum Gasteiger partial charge on any atom is -0.313 e. The van der Waals surface area contributed by atoms with Crippen molar-refractivity contribution in [2.24, 2.45) is 0 Å². The number of rotatable bonds is 3. The lowest BCUT2D eigenvalue weighted by Gasteiger charge is -2.13. The zero-order valence-electron chi connectivity index (χ0n) is 14.1. The molecule has 1 fully saturated rings. The van der Waals surface area contributed by atoms with Crippen LogP contribution in [0.5, 0.6) is 0 Å². The van der Waals surface area contributed by atoms with Crippen LogP contribution < -0.4 is 5.32 Å². The van der Waals surface area contributed by atoms with Crippen molar-refractivity contribution < 1.29 is 9.59 Å². The minimum absolute atomic E-state index is 0.332. The summed E-state index contributed by atoms with van der Waals surface area (Å²) >= 11 is 0.936. The average Bonchev–Trinajstić information content (AvgIpc) is 3.15. The van der Waals surface area contributed by atoms with Gasteiger partial charge in [-0.1, -0.05) is 48.5 Å². The summed E-state index contributed by atoms with van der Waals surface area (Å²) in [6, 6.07) is 22.2. The van der Waals surface area contributed by atoms with E-state index >= 15 is 0 Å². The fourth-order valence-electron chi connectivity index (χ4n) is 3.14. The number of imide groups is 1. The molecule has 0 aliphatic carbocycles. The largest absolute Gasteiger partial charge is 0.313 e. The number of carbonyl (C=O) groups is 2. The number of hydrogen-bond acceptors (Lipinski definition) is 3. The summed E-state index contributed by atoms with van der Waals surface area (Å²) in [6.45, 7) is 2.04. The van der Waals surface area contributed by atoms with E-state index in [4.69, 9.17) is 0 Å². The van der Waals surface area contributed by atoms with Crippen molar-refractivity contribution in [2.75, 3.05) is 0 Å². The summed E-state index contributed by atoms with van der Waals surface area (Å²) in [5.74, 6) is -0.343. The van der Waals surface area contributed by atoms with Crippen LogP contribution in [0.4, 0.5) is 4.79 Å². The second-order valence-electron chi connectivity index (χ2n) is 5.98. The van der Waals surface area contributed by atoms with Gasteiger partial charge in [0.15, 0.2) is 0 Å². The van der Waals surface area contributed by atoms with Crippen LogP contribution in [0.15, 0.2) is 71.6 Å². The number of amides is 2. The van der Waals surface area contributed by atoms with Crippen LogP contribution in [-0.4, -0.2) is 15.7 Å². The Morgan fingerprint density at radius 3 is 2.23 bits per heavy atom. The van der Waals surface area contributed by atoms with Gasteiger partial charge in [0.1, 0.15) is 0 Å². The Balaban J connectivity index is 1.94. The second-order valence-corrected chi connectivity index (χ2v) is 6.99. The summed E-state index contributed by atoms with van der Waals surface area (Å²) in [7, 11) is 0. The van der Waals surface area contributed by atoms with Gasteiger partial charge in [0, 0.05) is 16.9 Å². The molecule has 26 heavy (non-hydrogen) atoms. The van der Waals surface area contributed by atoms with Gasteiger partial charge in [0.2, 0.25) is 0 Å². The highest BCUT2D eigenvalue weighted by molar-refractivity contribution is 8.18. The van der Waals surface area contributed by atoms with Gasteiger partial charge in [-0.25, -0.2) is 0 Å². The van der Waals surface area contributed by atoms with Crippen molar-refractivity contribution in [3.63, 3.8) is 0 Å². The lowest BCUT2D eigenvalue weighted by Crippen LogP contribution is -2.17. The summed E-state index contributed by atoms with van der Waals surface area (Å²) in [5, 5.41) is 1.98. The number of aromatic nitrogens is 1. The molecule has 4 nitrogen and oxygen atoms in total. The molecule has 2 amide bonds. The van der Waals surface area contributed by atoms with Gasteiger partial charge < -0.3 is 4.57 Å². The number of aryl methyl sites for hydroxylation is 1. The minimum atomic E-state index is -0.343. The number of hydrogen-bond donors (Lipinski definition) is 1. The highest BCUT2D eigenvalue weighted by Gasteiger charge is 2.26. The number of nitrogens with one attached hydrogen (secondary N) is 1. The number of carbonyl (C=O) groups excluding carboxylic acids is 2. The zero-order chi connectivity index (χ0) is 18.1. The molecule has 1 saturated heterocycles. The topological polar surface area (TPSA) is 51.1 Å². The molecule has 0 unspecified atom stereocenters. The van der Waals surface area contributed by atoms with Gasteiger partial charge in [0.25, 0.3) is 11.1 Å². The van der Waals surface area contributed by atoms with Crippen molar-refractivity contribution in [3.05, 3.63) is 82.9 Å². The molecule has 2 heterocycles. The number of nitrogens with zero attached hydrogens (tertiary/aromatic N) is 1. The molecule has 1 aromatic heterocycles. The third-order valence-corrected chi connectivity index (χ3v) is 5.02. The molecule has 5 heteroatoms. The quantitative estimate of drug-likeness (QED) is 0.684. The molecule has 0 spiro atoms. The third-order valence-electron chi connectivity index (χ3n) is 4.20. The summed E-state index contributed by atoms with van der Waals surface area (Å²) in [5.41, 5.74) is 5.05. The second kappa shape index (κ2) is 6.69. The maximum atomic E-state index is 12.0. The smallest absolute Gasteiger partial charge is 0.290 e. The lowest BCUT2D eigenvalue weighted by atomic mass is 10.1. The van der Waals surface area contributed by atoms with Gasteiger partial charge in [-0.2, -0.15) is 0 Å². The molecule has 1 aliphatic rings. The van der Waals surface area contributed by atoms with Crippen LogP contribution in [0.2, 0.25) is 0 Å². The first-order valence-electron chi connectivity index (χ1n) is 8.21. The van der Waals surface area contributed by atoms with Gasteiger partial charge in [0.05, 0.1) is 10.6 Å². The first-order chi connectivity index (χ1) is 12.6. The zero-order valence-corrected chi connectivity index (χ0v) is 14.9. The summed E-state index contributed by atoms with van der Waals surface area (Å²) < 4.78 is 2.17. The van der Waals surface area contributed by atoms with E-state index in [1.807, 2.05) is 61.5 Å². The average molecular weight is 360 g/mol. The summed E-state index contributed by atoms with van der Waals surface area (Å²) in [6.07, 6.45) is 1.79. The highest BCUT2D eigenvalue weighted by atomic mass is 32.2. The molecule has 3 aromatic rings. The van der Waals surface area contributed by atoms with E-state index in [0.717, 1.165) is 40.0 Å². The van der Waals surface area contributed by atoms with Crippen LogP contribution in [0.25, 0.3) is 23.0 Å². The van der Waals surface area contributed by atoms with Crippen LogP contribution >= 0.6 is 11.8 Å². The fourth-order valence-corrected chi connectivity index (χ4v) is 3.81.